The van der Waals surface area contributed by atoms with E-state index in [-0.39, 0.29) is 17.5 Å². The van der Waals surface area contributed by atoms with Crippen LogP contribution in [0.25, 0.3) is 0 Å². The first-order valence-electron chi connectivity index (χ1n) is 6.08. The molecule has 20 heavy (non-hydrogen) atoms. The van der Waals surface area contributed by atoms with Crippen LogP contribution >= 0.6 is 0 Å². The van der Waals surface area contributed by atoms with Crippen molar-refractivity contribution in [1.29, 1.82) is 5.53 Å². The number of anilines is 1. The van der Waals surface area contributed by atoms with Gasteiger partial charge in [0.2, 0.25) is 0 Å². The fourth-order valence-corrected chi connectivity index (χ4v) is 1.89. The quantitative estimate of drug-likeness (QED) is 0.580. The average molecular weight is 282 g/mol. The molecule has 0 bridgehead atoms. The number of ether oxygens (including phenoxy) is 1. The second kappa shape index (κ2) is 5.83. The summed E-state index contributed by atoms with van der Waals surface area (Å²) in [6.45, 7) is 0. The Morgan fingerprint density at radius 3 is 2.85 bits per heavy atom. The molecule has 0 atom stereocenters. The standard InChI is InChI=1S/C12H15FN4O3/c1-15-12(19)17(16-14)10-3-2-7(13)4-11(10)20-9-5-8(18)6-9/h2-4,8-9,14,18H,5-6H2,1H3,(H,15,19). The molecular weight excluding hydrogens is 267 g/mol. The molecule has 0 saturated heterocycles. The molecule has 108 valence electrons. The summed E-state index contributed by atoms with van der Waals surface area (Å²) < 4.78 is 18.9. The molecule has 8 heteroatoms. The lowest BCUT2D eigenvalue weighted by Gasteiger charge is -2.32. The van der Waals surface area contributed by atoms with Gasteiger partial charge in [-0.05, 0) is 12.1 Å². The second-order valence-corrected chi connectivity index (χ2v) is 4.44. The summed E-state index contributed by atoms with van der Waals surface area (Å²) in [7, 11) is 1.40. The summed E-state index contributed by atoms with van der Waals surface area (Å²) in [5.74, 6) is -0.410. The Balaban J connectivity index is 2.26. The summed E-state index contributed by atoms with van der Waals surface area (Å²) in [6, 6.07) is 2.96. The smallest absolute Gasteiger partial charge is 0.343 e. The van der Waals surface area contributed by atoms with Crippen molar-refractivity contribution in [1.82, 2.24) is 5.32 Å². The molecule has 3 N–H and O–H groups in total. The number of benzene rings is 1. The molecule has 1 fully saturated rings. The number of aliphatic hydroxyl groups excluding tert-OH is 1. The minimum atomic E-state index is -0.634. The highest BCUT2D eigenvalue weighted by Crippen LogP contribution is 2.34. The first-order valence-corrected chi connectivity index (χ1v) is 6.08. The van der Waals surface area contributed by atoms with Crippen LogP contribution in [0.1, 0.15) is 12.8 Å². The van der Waals surface area contributed by atoms with Gasteiger partial charge in [-0.3, -0.25) is 0 Å². The molecule has 1 aliphatic rings. The third-order valence-electron chi connectivity index (χ3n) is 3.02. The van der Waals surface area contributed by atoms with Crippen molar-refractivity contribution in [3.8, 4) is 5.75 Å². The van der Waals surface area contributed by atoms with Crippen LogP contribution in [-0.4, -0.2) is 30.4 Å². The van der Waals surface area contributed by atoms with Crippen LogP contribution in [-0.2, 0) is 0 Å². The van der Waals surface area contributed by atoms with Crippen LogP contribution in [0.5, 0.6) is 5.75 Å². The highest BCUT2D eigenvalue weighted by molar-refractivity contribution is 5.92. The number of hydrogen-bond donors (Lipinski definition) is 3. The maximum atomic E-state index is 13.3. The predicted octanol–water partition coefficient (Wildman–Crippen LogP) is 1.82. The fraction of sp³-hybridized carbons (Fsp3) is 0.417. The molecule has 2 amide bonds. The van der Waals surface area contributed by atoms with E-state index in [2.05, 4.69) is 10.5 Å². The van der Waals surface area contributed by atoms with Gasteiger partial charge in [0.15, 0.2) is 0 Å². The molecule has 0 spiro atoms. The minimum absolute atomic E-state index is 0.113. The zero-order chi connectivity index (χ0) is 14.7. The SMILES string of the molecule is CNC(=O)N(N=N)c1ccc(F)cc1OC1CC(O)C1. The molecule has 7 nitrogen and oxygen atoms in total. The number of amides is 2. The van der Waals surface area contributed by atoms with Crippen LogP contribution in [0, 0.1) is 11.3 Å². The van der Waals surface area contributed by atoms with Crippen LogP contribution in [0.4, 0.5) is 14.9 Å². The molecule has 2 rings (SSSR count). The van der Waals surface area contributed by atoms with E-state index in [1.807, 2.05) is 0 Å². The highest BCUT2D eigenvalue weighted by atomic mass is 19.1. The molecule has 1 aromatic carbocycles. The zero-order valence-electron chi connectivity index (χ0n) is 10.8. The molecular formula is C12H15FN4O3. The topological polar surface area (TPSA) is 98.0 Å². The van der Waals surface area contributed by atoms with Gasteiger partial charge >= 0.3 is 6.03 Å². The van der Waals surface area contributed by atoms with Crippen molar-refractivity contribution in [3.05, 3.63) is 24.0 Å². The molecule has 0 aromatic heterocycles. The number of halogens is 1. The van der Waals surface area contributed by atoms with Crippen LogP contribution in [0.2, 0.25) is 0 Å². The van der Waals surface area contributed by atoms with Gasteiger partial charge < -0.3 is 15.2 Å². The number of nitrogens with one attached hydrogen (secondary N) is 2. The highest BCUT2D eigenvalue weighted by Gasteiger charge is 2.30. The lowest BCUT2D eigenvalue weighted by atomic mass is 9.92. The average Bonchev–Trinajstić information content (AvgIpc) is 2.39. The van der Waals surface area contributed by atoms with Gasteiger partial charge in [0.25, 0.3) is 0 Å². The van der Waals surface area contributed by atoms with E-state index < -0.39 is 18.0 Å². The molecule has 0 aliphatic heterocycles. The first-order chi connectivity index (χ1) is 9.55. The Labute approximate surface area is 114 Å². The molecule has 0 unspecified atom stereocenters. The minimum Gasteiger partial charge on any atom is -0.488 e. The van der Waals surface area contributed by atoms with Crippen molar-refractivity contribution in [3.63, 3.8) is 0 Å². The van der Waals surface area contributed by atoms with Gasteiger partial charge in [-0.1, -0.05) is 5.22 Å². The third-order valence-corrected chi connectivity index (χ3v) is 3.02. The first kappa shape index (κ1) is 14.2. The Morgan fingerprint density at radius 2 is 2.30 bits per heavy atom. The largest absolute Gasteiger partial charge is 0.488 e. The maximum absolute atomic E-state index is 13.3. The Bertz CT molecular complexity index is 519. The van der Waals surface area contributed by atoms with E-state index in [4.69, 9.17) is 10.3 Å². The Morgan fingerprint density at radius 1 is 1.60 bits per heavy atom. The van der Waals surface area contributed by atoms with E-state index in [0.717, 1.165) is 17.1 Å². The van der Waals surface area contributed by atoms with E-state index in [9.17, 15) is 14.3 Å². The Hall–Kier alpha value is -2.22. The van der Waals surface area contributed by atoms with Crippen molar-refractivity contribution in [2.24, 2.45) is 5.22 Å². The molecule has 0 heterocycles. The fourth-order valence-electron chi connectivity index (χ4n) is 1.89. The monoisotopic (exact) mass is 282 g/mol. The van der Waals surface area contributed by atoms with Gasteiger partial charge in [-0.25, -0.2) is 9.18 Å². The van der Waals surface area contributed by atoms with Gasteiger partial charge in [0.1, 0.15) is 23.4 Å². The molecule has 0 radical (unpaired) electrons. The zero-order valence-corrected chi connectivity index (χ0v) is 10.8. The molecule has 1 aromatic rings. The van der Waals surface area contributed by atoms with Crippen molar-refractivity contribution >= 4 is 11.7 Å². The van der Waals surface area contributed by atoms with Gasteiger partial charge in [0.05, 0.1) is 6.10 Å². The van der Waals surface area contributed by atoms with Crippen LogP contribution < -0.4 is 15.1 Å². The predicted molar refractivity (Wildman–Crippen MR) is 68.1 cm³/mol. The lowest BCUT2D eigenvalue weighted by molar-refractivity contribution is -0.0106. The number of rotatable bonds is 4. The number of aliphatic hydroxyl groups is 1. The van der Waals surface area contributed by atoms with Gasteiger partial charge in [-0.15, -0.1) is 0 Å². The Kier molecular flexibility index (Phi) is 4.14. The van der Waals surface area contributed by atoms with E-state index >= 15 is 0 Å². The summed E-state index contributed by atoms with van der Waals surface area (Å²) in [6.07, 6.45) is 0.262. The number of nitrogens with zero attached hydrogens (tertiary/aromatic N) is 2. The van der Waals surface area contributed by atoms with E-state index in [0.29, 0.717) is 12.8 Å². The van der Waals surface area contributed by atoms with Crippen molar-refractivity contribution < 1.29 is 19.0 Å². The summed E-state index contributed by atoms with van der Waals surface area (Å²) in [5.41, 5.74) is 7.22. The van der Waals surface area contributed by atoms with Gasteiger partial charge in [0, 0.05) is 26.0 Å². The van der Waals surface area contributed by atoms with Crippen LogP contribution in [0.3, 0.4) is 0 Å². The number of carbonyl (C=O) groups is 1. The van der Waals surface area contributed by atoms with E-state index in [1.165, 1.54) is 13.1 Å². The summed E-state index contributed by atoms with van der Waals surface area (Å²) in [5, 5.41) is 15.4. The summed E-state index contributed by atoms with van der Waals surface area (Å²) in [4.78, 5) is 11.6. The number of urea groups is 1. The van der Waals surface area contributed by atoms with Crippen molar-refractivity contribution in [2.75, 3.05) is 12.1 Å². The molecule has 1 saturated carbocycles. The third kappa shape index (κ3) is 2.85. The second-order valence-electron chi connectivity index (χ2n) is 4.44. The van der Waals surface area contributed by atoms with Crippen LogP contribution in [0.15, 0.2) is 23.4 Å². The lowest BCUT2D eigenvalue weighted by Crippen LogP contribution is -2.38. The molecule has 1 aliphatic carbocycles. The van der Waals surface area contributed by atoms with Gasteiger partial charge in [-0.2, -0.15) is 10.5 Å². The van der Waals surface area contributed by atoms with Crippen molar-refractivity contribution in [2.45, 2.75) is 25.0 Å². The number of carbonyl (C=O) groups excluding carboxylic acids is 1. The number of hydrogen-bond acceptors (Lipinski definition) is 5. The van der Waals surface area contributed by atoms with E-state index in [1.54, 1.807) is 0 Å². The maximum Gasteiger partial charge on any atom is 0.343 e. The normalized spacial score (nSPS) is 20.8. The summed E-state index contributed by atoms with van der Waals surface area (Å²) >= 11 is 0.